The van der Waals surface area contributed by atoms with E-state index in [0.717, 1.165) is 18.8 Å². The van der Waals surface area contributed by atoms with Gasteiger partial charge in [-0.15, -0.1) is 0 Å². The Balaban J connectivity index is 0.000000271. The summed E-state index contributed by atoms with van der Waals surface area (Å²) in [4.78, 5) is 10.5. The zero-order valence-electron chi connectivity index (χ0n) is 18.1. The molecule has 0 aromatic heterocycles. The molecule has 2 N–H and O–H groups in total. The summed E-state index contributed by atoms with van der Waals surface area (Å²) in [5.74, 6) is 1.50. The third kappa shape index (κ3) is 12.5. The van der Waals surface area contributed by atoms with Crippen LogP contribution in [0.2, 0.25) is 0 Å². The highest BCUT2D eigenvalue weighted by Gasteiger charge is 2.42. The molecular formula is C24H46O3. The lowest BCUT2D eigenvalue weighted by Crippen LogP contribution is -1.99. The molecule has 0 spiro atoms. The largest absolute Gasteiger partial charge is 0.481 e. The number of carboxylic acid groups (broad SMARTS) is 1. The van der Waals surface area contributed by atoms with Crippen molar-refractivity contribution in [1.82, 2.24) is 0 Å². The zero-order chi connectivity index (χ0) is 19.9. The lowest BCUT2D eigenvalue weighted by atomic mass is 10.1. The molecule has 27 heavy (non-hydrogen) atoms. The quantitative estimate of drug-likeness (QED) is 0.288. The van der Waals surface area contributed by atoms with Gasteiger partial charge in [-0.3, -0.25) is 4.79 Å². The lowest BCUT2D eigenvalue weighted by molar-refractivity contribution is -0.138. The first kappa shape index (κ1) is 24.5. The van der Waals surface area contributed by atoms with Crippen LogP contribution in [0.25, 0.3) is 0 Å². The van der Waals surface area contributed by atoms with Crippen molar-refractivity contribution in [1.29, 1.82) is 0 Å². The number of hydrogen-bond donors (Lipinski definition) is 2. The highest BCUT2D eigenvalue weighted by molar-refractivity contribution is 5.73. The van der Waals surface area contributed by atoms with Crippen LogP contribution >= 0.6 is 0 Å². The van der Waals surface area contributed by atoms with E-state index in [4.69, 9.17) is 10.2 Å². The van der Waals surface area contributed by atoms with Gasteiger partial charge in [-0.05, 0) is 37.0 Å². The van der Waals surface area contributed by atoms with Crippen LogP contribution in [0.5, 0.6) is 0 Å². The van der Waals surface area contributed by atoms with Crippen LogP contribution in [0.3, 0.4) is 0 Å². The third-order valence-corrected chi connectivity index (χ3v) is 6.40. The highest BCUT2D eigenvalue weighted by Crippen LogP contribution is 2.42. The van der Waals surface area contributed by atoms with Gasteiger partial charge in [-0.1, -0.05) is 97.3 Å². The van der Waals surface area contributed by atoms with Crippen molar-refractivity contribution in [3.8, 4) is 0 Å². The Bertz CT molecular complexity index is 369. The summed E-state index contributed by atoms with van der Waals surface area (Å²) in [6.45, 7) is 4.91. The van der Waals surface area contributed by atoms with Crippen LogP contribution in [0.1, 0.15) is 117 Å². The van der Waals surface area contributed by atoms with Crippen LogP contribution in [0.15, 0.2) is 0 Å². The molecular weight excluding hydrogens is 336 g/mol. The minimum absolute atomic E-state index is 0.00522. The molecule has 160 valence electrons. The Labute approximate surface area is 168 Å². The lowest BCUT2D eigenvalue weighted by Gasteiger charge is -1.99. The Morgan fingerprint density at radius 3 is 1.59 bits per heavy atom. The van der Waals surface area contributed by atoms with Crippen molar-refractivity contribution in [2.75, 3.05) is 6.61 Å². The first-order valence-electron chi connectivity index (χ1n) is 12.0. The van der Waals surface area contributed by atoms with E-state index in [1.54, 1.807) is 0 Å². The van der Waals surface area contributed by atoms with Gasteiger partial charge >= 0.3 is 5.97 Å². The number of carbonyl (C=O) groups is 1. The van der Waals surface area contributed by atoms with Crippen molar-refractivity contribution >= 4 is 5.97 Å². The molecule has 4 atom stereocenters. The standard InChI is InChI=1S/C12H22O2.C12H24O/c1-2-3-4-5-6-7-8-10-9-11(10)12(13)14;1-2-3-4-5-6-7-8-11-9-12(11)10-13/h10-11H,2-9H2,1H3,(H,13,14);11-13H,2-10H2,1H3/t10-,11+;11-,12-/m00/s1. The topological polar surface area (TPSA) is 57.5 Å². The number of aliphatic hydroxyl groups is 1. The molecule has 0 aromatic carbocycles. The Morgan fingerprint density at radius 2 is 1.19 bits per heavy atom. The van der Waals surface area contributed by atoms with Gasteiger partial charge in [0.25, 0.3) is 0 Å². The molecule has 2 rings (SSSR count). The predicted molar refractivity (Wildman–Crippen MR) is 114 cm³/mol. The second kappa shape index (κ2) is 15.4. The van der Waals surface area contributed by atoms with Gasteiger partial charge in [-0.25, -0.2) is 0 Å². The van der Waals surface area contributed by atoms with Gasteiger partial charge in [0.1, 0.15) is 0 Å². The number of aliphatic carboxylic acids is 1. The molecule has 0 heterocycles. The molecule has 2 saturated carbocycles. The Morgan fingerprint density at radius 1 is 0.704 bits per heavy atom. The average Bonchev–Trinajstić information content (AvgIpc) is 3.56. The van der Waals surface area contributed by atoms with Crippen molar-refractivity contribution in [2.45, 2.75) is 117 Å². The highest BCUT2D eigenvalue weighted by atomic mass is 16.4. The predicted octanol–water partition coefficient (Wildman–Crippen LogP) is 6.82. The monoisotopic (exact) mass is 382 g/mol. The maximum absolute atomic E-state index is 10.5. The molecule has 0 aromatic rings. The van der Waals surface area contributed by atoms with Crippen molar-refractivity contribution < 1.29 is 15.0 Å². The van der Waals surface area contributed by atoms with Gasteiger partial charge in [0.15, 0.2) is 0 Å². The van der Waals surface area contributed by atoms with E-state index in [1.165, 1.54) is 89.9 Å². The minimum Gasteiger partial charge on any atom is -0.481 e. The van der Waals surface area contributed by atoms with Crippen molar-refractivity contribution in [2.24, 2.45) is 23.7 Å². The van der Waals surface area contributed by atoms with Crippen LogP contribution in [0.4, 0.5) is 0 Å². The van der Waals surface area contributed by atoms with Gasteiger partial charge in [0.05, 0.1) is 5.92 Å². The number of carboxylic acids is 1. The fourth-order valence-electron chi connectivity index (χ4n) is 4.13. The first-order chi connectivity index (χ1) is 13.1. The third-order valence-electron chi connectivity index (χ3n) is 6.40. The maximum atomic E-state index is 10.5. The van der Waals surface area contributed by atoms with Crippen LogP contribution in [-0.2, 0) is 4.79 Å². The molecule has 0 unspecified atom stereocenters. The number of unbranched alkanes of at least 4 members (excludes halogenated alkanes) is 10. The Hall–Kier alpha value is -0.570. The number of rotatable bonds is 16. The molecule has 0 amide bonds. The normalized spacial score (nSPS) is 25.6. The molecule has 0 radical (unpaired) electrons. The van der Waals surface area contributed by atoms with Crippen LogP contribution in [0, 0.1) is 23.7 Å². The Kier molecular flexibility index (Phi) is 13.9. The second-order valence-electron chi connectivity index (χ2n) is 8.99. The molecule has 2 aliphatic rings. The second-order valence-corrected chi connectivity index (χ2v) is 8.99. The molecule has 2 fully saturated rings. The maximum Gasteiger partial charge on any atom is 0.306 e. The molecule has 2 aliphatic carbocycles. The van der Waals surface area contributed by atoms with E-state index < -0.39 is 5.97 Å². The summed E-state index contributed by atoms with van der Waals surface area (Å²) < 4.78 is 0. The average molecular weight is 383 g/mol. The molecule has 0 aliphatic heterocycles. The zero-order valence-corrected chi connectivity index (χ0v) is 18.1. The molecule has 0 bridgehead atoms. The van der Waals surface area contributed by atoms with Crippen LogP contribution in [-0.4, -0.2) is 22.8 Å². The molecule has 0 saturated heterocycles. The fourth-order valence-corrected chi connectivity index (χ4v) is 4.13. The summed E-state index contributed by atoms with van der Waals surface area (Å²) in [5.41, 5.74) is 0. The summed E-state index contributed by atoms with van der Waals surface area (Å²) in [6.07, 6.45) is 21.0. The summed E-state index contributed by atoms with van der Waals surface area (Å²) in [6, 6.07) is 0. The number of hydrogen-bond acceptors (Lipinski definition) is 2. The smallest absolute Gasteiger partial charge is 0.306 e. The van der Waals surface area contributed by atoms with Crippen molar-refractivity contribution in [3.05, 3.63) is 0 Å². The SMILES string of the molecule is CCCCCCCC[C@H]1C[C@H]1C(=O)O.CCCCCCCC[C@H]1C[C@H]1CO. The van der Waals surface area contributed by atoms with E-state index >= 15 is 0 Å². The van der Waals surface area contributed by atoms with Gasteiger partial charge in [-0.2, -0.15) is 0 Å². The van der Waals surface area contributed by atoms with Crippen molar-refractivity contribution in [3.63, 3.8) is 0 Å². The van der Waals surface area contributed by atoms with E-state index in [0.29, 0.717) is 18.4 Å². The first-order valence-corrected chi connectivity index (χ1v) is 12.0. The van der Waals surface area contributed by atoms with Gasteiger partial charge in [0, 0.05) is 6.61 Å². The molecule has 3 heteroatoms. The van der Waals surface area contributed by atoms with E-state index in [2.05, 4.69) is 13.8 Å². The van der Waals surface area contributed by atoms with Gasteiger partial charge < -0.3 is 10.2 Å². The minimum atomic E-state index is -0.582. The summed E-state index contributed by atoms with van der Waals surface area (Å²) in [5, 5.41) is 17.5. The number of aliphatic hydroxyl groups excluding tert-OH is 1. The fraction of sp³-hybridized carbons (Fsp3) is 0.958. The van der Waals surface area contributed by atoms with E-state index in [9.17, 15) is 4.79 Å². The van der Waals surface area contributed by atoms with E-state index in [-0.39, 0.29) is 5.92 Å². The van der Waals surface area contributed by atoms with Crippen LogP contribution < -0.4 is 0 Å². The van der Waals surface area contributed by atoms with Gasteiger partial charge in [0.2, 0.25) is 0 Å². The summed E-state index contributed by atoms with van der Waals surface area (Å²) in [7, 11) is 0. The summed E-state index contributed by atoms with van der Waals surface area (Å²) >= 11 is 0. The van der Waals surface area contributed by atoms with E-state index in [1.807, 2.05) is 0 Å². The molecule has 3 nitrogen and oxygen atoms in total.